The lowest BCUT2D eigenvalue weighted by atomic mass is 10.1. The predicted molar refractivity (Wildman–Crippen MR) is 55.2 cm³/mol. The van der Waals surface area contributed by atoms with Gasteiger partial charge in [-0.05, 0) is 38.0 Å². The summed E-state index contributed by atoms with van der Waals surface area (Å²) in [6, 6.07) is 5.85. The first-order valence-corrected chi connectivity index (χ1v) is 4.54. The molecule has 0 heterocycles. The van der Waals surface area contributed by atoms with Gasteiger partial charge in [0.25, 0.3) is 5.91 Å². The molecule has 76 valence electrons. The van der Waals surface area contributed by atoms with Gasteiger partial charge in [0.15, 0.2) is 6.10 Å². The molecule has 0 bridgehead atoms. The topological polar surface area (TPSA) is 52.3 Å². The average Bonchev–Trinajstić information content (AvgIpc) is 2.11. The Hall–Kier alpha value is -1.51. The van der Waals surface area contributed by atoms with Gasteiger partial charge in [-0.3, -0.25) is 4.79 Å². The normalized spacial score (nSPS) is 12.2. The van der Waals surface area contributed by atoms with Crippen molar-refractivity contribution in [1.29, 1.82) is 0 Å². The van der Waals surface area contributed by atoms with Crippen LogP contribution in [-0.4, -0.2) is 12.0 Å². The monoisotopic (exact) mass is 193 g/mol. The van der Waals surface area contributed by atoms with Crippen LogP contribution in [0.1, 0.15) is 18.1 Å². The zero-order valence-electron chi connectivity index (χ0n) is 8.70. The van der Waals surface area contributed by atoms with Crippen molar-refractivity contribution in [3.63, 3.8) is 0 Å². The highest BCUT2D eigenvalue weighted by atomic mass is 16.5. The fourth-order valence-corrected chi connectivity index (χ4v) is 1.08. The molecule has 1 aromatic rings. The first-order chi connectivity index (χ1) is 6.50. The zero-order valence-corrected chi connectivity index (χ0v) is 8.70. The largest absolute Gasteiger partial charge is 0.481 e. The molecule has 0 aliphatic rings. The number of carbonyl (C=O) groups is 1. The van der Waals surface area contributed by atoms with E-state index in [0.717, 1.165) is 16.9 Å². The summed E-state index contributed by atoms with van der Waals surface area (Å²) in [5, 5.41) is 0. The molecule has 0 aromatic heterocycles. The summed E-state index contributed by atoms with van der Waals surface area (Å²) in [7, 11) is 0. The smallest absolute Gasteiger partial charge is 0.258 e. The highest BCUT2D eigenvalue weighted by Crippen LogP contribution is 2.20. The first-order valence-electron chi connectivity index (χ1n) is 4.54. The van der Waals surface area contributed by atoms with Gasteiger partial charge in [-0.2, -0.15) is 0 Å². The van der Waals surface area contributed by atoms with Gasteiger partial charge in [0.2, 0.25) is 0 Å². The lowest BCUT2D eigenvalue weighted by Crippen LogP contribution is -2.30. The Morgan fingerprint density at radius 3 is 2.64 bits per heavy atom. The second-order valence-electron chi connectivity index (χ2n) is 3.43. The van der Waals surface area contributed by atoms with E-state index in [1.807, 2.05) is 32.0 Å². The molecule has 0 aliphatic carbocycles. The number of ether oxygens (including phenoxy) is 1. The Bertz CT molecular complexity index is 347. The molecule has 0 fully saturated rings. The zero-order chi connectivity index (χ0) is 10.7. The van der Waals surface area contributed by atoms with Crippen LogP contribution in [0.3, 0.4) is 0 Å². The summed E-state index contributed by atoms with van der Waals surface area (Å²) in [5.74, 6) is 0.266. The minimum atomic E-state index is -0.588. The van der Waals surface area contributed by atoms with Crippen molar-refractivity contribution in [1.82, 2.24) is 0 Å². The van der Waals surface area contributed by atoms with Crippen LogP contribution in [0.25, 0.3) is 0 Å². The Balaban J connectivity index is 2.85. The first kappa shape index (κ1) is 10.6. The van der Waals surface area contributed by atoms with Gasteiger partial charge < -0.3 is 10.5 Å². The molecule has 0 radical (unpaired) electrons. The maximum Gasteiger partial charge on any atom is 0.258 e. The average molecular weight is 193 g/mol. The van der Waals surface area contributed by atoms with Crippen molar-refractivity contribution < 1.29 is 9.53 Å². The molecular formula is C11H15NO2. The van der Waals surface area contributed by atoms with Crippen LogP contribution in [0.5, 0.6) is 5.75 Å². The van der Waals surface area contributed by atoms with Crippen molar-refractivity contribution in [3.05, 3.63) is 29.3 Å². The molecule has 1 rings (SSSR count). The number of aryl methyl sites for hydroxylation is 2. The highest BCUT2D eigenvalue weighted by Gasteiger charge is 2.11. The van der Waals surface area contributed by atoms with E-state index in [0.29, 0.717) is 0 Å². The lowest BCUT2D eigenvalue weighted by Gasteiger charge is -2.13. The number of primary amides is 1. The molecule has 3 heteroatoms. The van der Waals surface area contributed by atoms with E-state index in [4.69, 9.17) is 10.5 Å². The summed E-state index contributed by atoms with van der Waals surface area (Å²) in [5.41, 5.74) is 7.21. The van der Waals surface area contributed by atoms with Gasteiger partial charge in [-0.25, -0.2) is 0 Å². The molecular weight excluding hydrogens is 178 g/mol. The maximum atomic E-state index is 10.8. The van der Waals surface area contributed by atoms with Gasteiger partial charge in [0.1, 0.15) is 5.75 Å². The van der Waals surface area contributed by atoms with E-state index in [-0.39, 0.29) is 0 Å². The van der Waals surface area contributed by atoms with Crippen molar-refractivity contribution in [2.75, 3.05) is 0 Å². The molecule has 14 heavy (non-hydrogen) atoms. The van der Waals surface area contributed by atoms with E-state index in [2.05, 4.69) is 0 Å². The minimum Gasteiger partial charge on any atom is -0.481 e. The third-order valence-electron chi connectivity index (χ3n) is 2.05. The second-order valence-corrected chi connectivity index (χ2v) is 3.43. The summed E-state index contributed by atoms with van der Waals surface area (Å²) >= 11 is 0. The van der Waals surface area contributed by atoms with Crippen LogP contribution in [0.2, 0.25) is 0 Å². The fourth-order valence-electron chi connectivity index (χ4n) is 1.08. The minimum absolute atomic E-state index is 0.453. The summed E-state index contributed by atoms with van der Waals surface area (Å²) in [4.78, 5) is 10.8. The standard InChI is InChI=1S/C11H15NO2/c1-7-4-5-8(2)10(6-7)14-9(3)11(12)13/h4-6,9H,1-3H3,(H2,12,13)/t9-/m1/s1. The molecule has 0 spiro atoms. The predicted octanol–water partition coefficient (Wildman–Crippen LogP) is 1.56. The van der Waals surface area contributed by atoms with Gasteiger partial charge >= 0.3 is 0 Å². The molecule has 0 saturated carbocycles. The van der Waals surface area contributed by atoms with Crippen molar-refractivity contribution in [3.8, 4) is 5.75 Å². The van der Waals surface area contributed by atoms with Crippen LogP contribution in [0.15, 0.2) is 18.2 Å². The number of amides is 1. The molecule has 0 saturated heterocycles. The molecule has 1 aromatic carbocycles. The number of benzene rings is 1. The summed E-state index contributed by atoms with van der Waals surface area (Å²) in [6.07, 6.45) is -0.588. The van der Waals surface area contributed by atoms with Crippen molar-refractivity contribution in [2.45, 2.75) is 26.9 Å². The quantitative estimate of drug-likeness (QED) is 0.792. The van der Waals surface area contributed by atoms with Gasteiger partial charge in [0, 0.05) is 0 Å². The van der Waals surface area contributed by atoms with Crippen LogP contribution in [-0.2, 0) is 4.79 Å². The van der Waals surface area contributed by atoms with Crippen LogP contribution < -0.4 is 10.5 Å². The SMILES string of the molecule is Cc1ccc(C)c(O[C@H](C)C(N)=O)c1. The molecule has 3 nitrogen and oxygen atoms in total. The van der Waals surface area contributed by atoms with Crippen LogP contribution >= 0.6 is 0 Å². The van der Waals surface area contributed by atoms with Crippen molar-refractivity contribution >= 4 is 5.91 Å². The third kappa shape index (κ3) is 2.49. The Labute approximate surface area is 83.9 Å². The molecule has 0 aliphatic heterocycles. The maximum absolute atomic E-state index is 10.8. The molecule has 1 atom stereocenters. The molecule has 2 N–H and O–H groups in total. The number of rotatable bonds is 3. The summed E-state index contributed by atoms with van der Waals surface area (Å²) < 4.78 is 5.41. The van der Waals surface area contributed by atoms with Gasteiger partial charge in [-0.1, -0.05) is 12.1 Å². The Morgan fingerprint density at radius 1 is 1.43 bits per heavy atom. The summed E-state index contributed by atoms with van der Waals surface area (Å²) in [6.45, 7) is 5.55. The van der Waals surface area contributed by atoms with E-state index in [1.165, 1.54) is 0 Å². The number of hydrogen-bond acceptors (Lipinski definition) is 2. The second kappa shape index (κ2) is 4.13. The van der Waals surface area contributed by atoms with E-state index < -0.39 is 12.0 Å². The van der Waals surface area contributed by atoms with E-state index in [1.54, 1.807) is 6.92 Å². The number of hydrogen-bond donors (Lipinski definition) is 1. The van der Waals surface area contributed by atoms with Gasteiger partial charge in [0.05, 0.1) is 0 Å². The highest BCUT2D eigenvalue weighted by molar-refractivity contribution is 5.78. The van der Waals surface area contributed by atoms with Crippen LogP contribution in [0.4, 0.5) is 0 Å². The molecule has 0 unspecified atom stereocenters. The van der Waals surface area contributed by atoms with Gasteiger partial charge in [-0.15, -0.1) is 0 Å². The Kier molecular flexibility index (Phi) is 3.12. The fraction of sp³-hybridized carbons (Fsp3) is 0.364. The van der Waals surface area contributed by atoms with Crippen LogP contribution in [0, 0.1) is 13.8 Å². The Morgan fingerprint density at radius 2 is 2.07 bits per heavy atom. The van der Waals surface area contributed by atoms with E-state index in [9.17, 15) is 4.79 Å². The number of carbonyl (C=O) groups excluding carboxylic acids is 1. The van der Waals surface area contributed by atoms with Crippen molar-refractivity contribution in [2.24, 2.45) is 5.73 Å². The lowest BCUT2D eigenvalue weighted by molar-refractivity contribution is -0.123. The van der Waals surface area contributed by atoms with E-state index >= 15 is 0 Å². The number of nitrogens with two attached hydrogens (primary N) is 1. The molecule has 1 amide bonds. The third-order valence-corrected chi connectivity index (χ3v) is 2.05.